The molecule has 0 amide bonds. The van der Waals surface area contributed by atoms with Crippen LogP contribution in [0, 0.1) is 0 Å². The van der Waals surface area contributed by atoms with Crippen molar-refractivity contribution in [1.82, 2.24) is 5.32 Å². The quantitative estimate of drug-likeness (QED) is 0.234. The lowest BCUT2D eigenvalue weighted by atomic mass is 10.0. The summed E-state index contributed by atoms with van der Waals surface area (Å²) in [7, 11) is 0. The minimum Gasteiger partial charge on any atom is -0.480 e. The number of carbonyl (C=O) groups is 1. The molecule has 0 aromatic heterocycles. The van der Waals surface area contributed by atoms with Gasteiger partial charge in [-0.3, -0.25) is 4.79 Å². The second kappa shape index (κ2) is 21.0. The van der Waals surface area contributed by atoms with Crippen molar-refractivity contribution >= 4 is 17.7 Å². The molecule has 3 N–H and O–H groups in total. The molecular formula is C21H43NO3S. The van der Waals surface area contributed by atoms with Crippen molar-refractivity contribution in [3.05, 3.63) is 0 Å². The zero-order valence-electron chi connectivity index (χ0n) is 17.0. The first-order valence-corrected chi connectivity index (χ1v) is 12.0. The molecular weight excluding hydrogens is 346 g/mol. The van der Waals surface area contributed by atoms with Gasteiger partial charge in [0.25, 0.3) is 0 Å². The van der Waals surface area contributed by atoms with Gasteiger partial charge in [-0.05, 0) is 12.2 Å². The number of carboxylic acids is 1. The number of rotatable bonds is 21. The first-order chi connectivity index (χ1) is 12.7. The molecule has 0 aliphatic rings. The number of carboxylic acid groups (broad SMARTS) is 1. The number of unbranched alkanes of at least 4 members (excludes halogenated alkanes) is 13. The molecule has 0 heterocycles. The summed E-state index contributed by atoms with van der Waals surface area (Å²) in [5, 5.41) is 20.7. The second-order valence-electron chi connectivity index (χ2n) is 7.24. The summed E-state index contributed by atoms with van der Waals surface area (Å²) in [6.07, 6.45) is 19.1. The molecule has 0 aromatic carbocycles. The lowest BCUT2D eigenvalue weighted by Gasteiger charge is -2.13. The van der Waals surface area contributed by atoms with Gasteiger partial charge >= 0.3 is 5.97 Å². The lowest BCUT2D eigenvalue weighted by molar-refractivity contribution is -0.138. The molecule has 1 unspecified atom stereocenters. The predicted molar refractivity (Wildman–Crippen MR) is 114 cm³/mol. The maximum absolute atomic E-state index is 11.0. The fourth-order valence-corrected chi connectivity index (χ4v) is 4.13. The number of hydrogen-bond acceptors (Lipinski definition) is 4. The van der Waals surface area contributed by atoms with E-state index in [1.807, 2.05) is 0 Å². The number of aliphatic carboxylic acids is 1. The van der Waals surface area contributed by atoms with Crippen LogP contribution in [0.2, 0.25) is 0 Å². The van der Waals surface area contributed by atoms with Crippen LogP contribution in [0.4, 0.5) is 0 Å². The van der Waals surface area contributed by atoms with E-state index in [2.05, 4.69) is 12.2 Å². The monoisotopic (exact) mass is 389 g/mol. The van der Waals surface area contributed by atoms with E-state index in [1.165, 1.54) is 89.9 Å². The van der Waals surface area contributed by atoms with Gasteiger partial charge in [0.1, 0.15) is 6.04 Å². The van der Waals surface area contributed by atoms with Crippen molar-refractivity contribution in [3.63, 3.8) is 0 Å². The molecule has 4 nitrogen and oxygen atoms in total. The molecule has 0 spiro atoms. The van der Waals surface area contributed by atoms with Crippen LogP contribution in [0.1, 0.15) is 96.8 Å². The molecule has 0 aliphatic carbocycles. The molecule has 0 rings (SSSR count). The van der Waals surface area contributed by atoms with Gasteiger partial charge in [0, 0.05) is 12.3 Å². The fraction of sp³-hybridized carbons (Fsp3) is 0.952. The molecule has 0 radical (unpaired) electrons. The van der Waals surface area contributed by atoms with E-state index in [-0.39, 0.29) is 6.61 Å². The van der Waals surface area contributed by atoms with E-state index in [0.29, 0.717) is 12.3 Å². The molecule has 1 atom stereocenters. The highest BCUT2D eigenvalue weighted by atomic mass is 32.2. The van der Waals surface area contributed by atoms with Crippen LogP contribution < -0.4 is 5.32 Å². The number of hydrogen-bond donors (Lipinski definition) is 3. The van der Waals surface area contributed by atoms with Crippen LogP contribution in [-0.4, -0.2) is 46.9 Å². The van der Waals surface area contributed by atoms with Crippen LogP contribution in [-0.2, 0) is 4.79 Å². The van der Waals surface area contributed by atoms with E-state index >= 15 is 0 Å². The molecule has 0 fully saturated rings. The third-order valence-corrected chi connectivity index (χ3v) is 5.87. The molecule has 0 bridgehead atoms. The number of aliphatic hydroxyl groups excluding tert-OH is 1. The molecule has 0 saturated carbocycles. The van der Waals surface area contributed by atoms with Crippen molar-refractivity contribution in [3.8, 4) is 0 Å². The molecule has 5 heteroatoms. The largest absolute Gasteiger partial charge is 0.480 e. The Labute approximate surface area is 165 Å². The average Bonchev–Trinajstić information content (AvgIpc) is 2.63. The normalized spacial score (nSPS) is 12.4. The van der Waals surface area contributed by atoms with Crippen molar-refractivity contribution in [1.29, 1.82) is 0 Å². The van der Waals surface area contributed by atoms with Gasteiger partial charge in [0.15, 0.2) is 0 Å². The van der Waals surface area contributed by atoms with Gasteiger partial charge in [0.05, 0.1) is 6.61 Å². The van der Waals surface area contributed by atoms with Gasteiger partial charge in [-0.25, -0.2) is 0 Å². The van der Waals surface area contributed by atoms with Gasteiger partial charge in [-0.1, -0.05) is 90.4 Å². The van der Waals surface area contributed by atoms with E-state index in [9.17, 15) is 4.79 Å². The smallest absolute Gasteiger partial charge is 0.321 e. The molecule has 26 heavy (non-hydrogen) atoms. The maximum Gasteiger partial charge on any atom is 0.321 e. The first kappa shape index (κ1) is 25.7. The highest BCUT2D eigenvalue weighted by Gasteiger charge is 2.15. The Kier molecular flexibility index (Phi) is 20.8. The summed E-state index contributed by atoms with van der Waals surface area (Å²) >= 11 is 1.70. The maximum atomic E-state index is 11.0. The summed E-state index contributed by atoms with van der Waals surface area (Å²) in [5.41, 5.74) is 0. The molecule has 156 valence electrons. The second-order valence-corrected chi connectivity index (χ2v) is 8.39. The van der Waals surface area contributed by atoms with Crippen LogP contribution in [0.3, 0.4) is 0 Å². The minimum absolute atomic E-state index is 0.0204. The lowest BCUT2D eigenvalue weighted by Crippen LogP contribution is -2.40. The third kappa shape index (κ3) is 18.5. The molecule has 0 aromatic rings. The van der Waals surface area contributed by atoms with Gasteiger partial charge in [-0.2, -0.15) is 11.8 Å². The van der Waals surface area contributed by atoms with Crippen LogP contribution in [0.5, 0.6) is 0 Å². The Bertz CT molecular complexity index is 303. The predicted octanol–water partition coefficient (Wildman–Crippen LogP) is 5.24. The van der Waals surface area contributed by atoms with E-state index in [0.717, 1.165) is 5.75 Å². The van der Waals surface area contributed by atoms with E-state index in [4.69, 9.17) is 10.2 Å². The van der Waals surface area contributed by atoms with Crippen LogP contribution >= 0.6 is 11.8 Å². The Morgan fingerprint density at radius 2 is 1.31 bits per heavy atom. The van der Waals surface area contributed by atoms with E-state index < -0.39 is 12.0 Å². The van der Waals surface area contributed by atoms with E-state index in [1.54, 1.807) is 11.8 Å². The van der Waals surface area contributed by atoms with Gasteiger partial charge in [0.2, 0.25) is 0 Å². The Morgan fingerprint density at radius 3 is 1.73 bits per heavy atom. The SMILES string of the molecule is CCCCCCCCCCCCCCCCSCC(NCCO)C(=O)O. The summed E-state index contributed by atoms with van der Waals surface area (Å²) in [6, 6.07) is -0.543. The van der Waals surface area contributed by atoms with Crippen molar-refractivity contribution in [2.45, 2.75) is 103 Å². The number of nitrogens with one attached hydrogen (secondary N) is 1. The number of thioether (sulfide) groups is 1. The minimum atomic E-state index is -0.827. The number of aliphatic hydroxyl groups is 1. The molecule has 0 saturated heterocycles. The summed E-state index contributed by atoms with van der Waals surface area (Å²) < 4.78 is 0. The van der Waals surface area contributed by atoms with Gasteiger partial charge < -0.3 is 15.5 Å². The summed E-state index contributed by atoms with van der Waals surface area (Å²) in [6.45, 7) is 2.59. The Morgan fingerprint density at radius 1 is 0.846 bits per heavy atom. The molecule has 0 aliphatic heterocycles. The average molecular weight is 390 g/mol. The fourth-order valence-electron chi connectivity index (χ4n) is 3.06. The van der Waals surface area contributed by atoms with Crippen LogP contribution in [0.15, 0.2) is 0 Å². The first-order valence-electron chi connectivity index (χ1n) is 10.9. The standard InChI is InChI=1S/C21H43NO3S/c1-2-3-4-5-6-7-8-9-10-11-12-13-14-15-18-26-19-20(21(24)25)22-16-17-23/h20,22-23H,2-19H2,1H3,(H,24,25). The Balaban J connectivity index is 3.22. The topological polar surface area (TPSA) is 69.6 Å². The van der Waals surface area contributed by atoms with Gasteiger partial charge in [-0.15, -0.1) is 0 Å². The zero-order chi connectivity index (χ0) is 19.3. The summed E-state index contributed by atoms with van der Waals surface area (Å²) in [5.74, 6) is 0.781. The highest BCUT2D eigenvalue weighted by Crippen LogP contribution is 2.14. The highest BCUT2D eigenvalue weighted by molar-refractivity contribution is 7.99. The zero-order valence-corrected chi connectivity index (χ0v) is 17.8. The van der Waals surface area contributed by atoms with Crippen molar-refractivity contribution in [2.24, 2.45) is 0 Å². The van der Waals surface area contributed by atoms with Crippen LogP contribution in [0.25, 0.3) is 0 Å². The van der Waals surface area contributed by atoms with Crippen molar-refractivity contribution < 1.29 is 15.0 Å². The summed E-state index contributed by atoms with van der Waals surface area (Å²) in [4.78, 5) is 11.0. The Hall–Kier alpha value is -0.260. The van der Waals surface area contributed by atoms with Crippen molar-refractivity contribution in [2.75, 3.05) is 24.7 Å². The third-order valence-electron chi connectivity index (χ3n) is 4.73.